The Morgan fingerprint density at radius 3 is 2.65 bits per heavy atom. The van der Waals surface area contributed by atoms with Gasteiger partial charge in [-0.3, -0.25) is 5.32 Å². The largest absolute Gasteiger partial charge is 0.444 e. The maximum Gasteiger partial charge on any atom is 0.412 e. The van der Waals surface area contributed by atoms with Crippen molar-refractivity contribution < 1.29 is 18.3 Å². The Bertz CT molecular complexity index is 630. The van der Waals surface area contributed by atoms with Crippen LogP contribution in [0.3, 0.4) is 0 Å². The van der Waals surface area contributed by atoms with Gasteiger partial charge in [0.15, 0.2) is 0 Å². The molecule has 2 aromatic rings. The Hall–Kier alpha value is -2.11. The van der Waals surface area contributed by atoms with Crippen LogP contribution in [0.4, 0.5) is 19.3 Å². The number of anilines is 1. The monoisotopic (exact) mass is 282 g/mol. The third kappa shape index (κ3) is 3.07. The number of hydrogen-bond donors (Lipinski definition) is 2. The van der Waals surface area contributed by atoms with Gasteiger partial charge in [-0.2, -0.15) is 0 Å². The number of carbonyl (C=O) groups excluding carboxylic acids is 1. The number of amides is 1. The molecule has 1 aromatic carbocycles. The Morgan fingerprint density at radius 2 is 2.05 bits per heavy atom. The number of carbonyl (C=O) groups is 1. The third-order valence-electron chi connectivity index (χ3n) is 2.61. The van der Waals surface area contributed by atoms with Crippen LogP contribution in [-0.2, 0) is 4.74 Å². The van der Waals surface area contributed by atoms with Gasteiger partial charge >= 0.3 is 6.09 Å². The maximum atomic E-state index is 13.0. The van der Waals surface area contributed by atoms with Crippen molar-refractivity contribution in [2.24, 2.45) is 0 Å². The van der Waals surface area contributed by atoms with Crippen LogP contribution in [0, 0.1) is 0 Å². The quantitative estimate of drug-likeness (QED) is 0.854. The molecule has 6 heteroatoms. The number of rotatable bonds is 2. The van der Waals surface area contributed by atoms with Crippen LogP contribution in [-0.4, -0.2) is 16.7 Å². The molecule has 20 heavy (non-hydrogen) atoms. The fourth-order valence-electron chi connectivity index (χ4n) is 1.90. The van der Waals surface area contributed by atoms with Gasteiger partial charge in [-0.15, -0.1) is 0 Å². The van der Waals surface area contributed by atoms with Crippen LogP contribution in [0.1, 0.15) is 32.8 Å². The Kier molecular flexibility index (Phi) is 3.65. The van der Waals surface area contributed by atoms with Crippen LogP contribution >= 0.6 is 0 Å². The topological polar surface area (TPSA) is 54.1 Å². The molecule has 2 N–H and O–H groups in total. The minimum absolute atomic E-state index is 0.147. The van der Waals surface area contributed by atoms with Gasteiger partial charge in [0.05, 0.1) is 5.69 Å². The van der Waals surface area contributed by atoms with Gasteiger partial charge in [0.1, 0.15) is 5.60 Å². The fourth-order valence-corrected chi connectivity index (χ4v) is 1.90. The van der Waals surface area contributed by atoms with Crippen molar-refractivity contribution in [3.05, 3.63) is 30.0 Å². The molecule has 108 valence electrons. The summed E-state index contributed by atoms with van der Waals surface area (Å²) >= 11 is 0. The van der Waals surface area contributed by atoms with E-state index in [0.717, 1.165) is 0 Å². The number of ether oxygens (including phenoxy) is 1. The lowest BCUT2D eigenvalue weighted by Crippen LogP contribution is -2.27. The van der Waals surface area contributed by atoms with Crippen LogP contribution in [0.5, 0.6) is 0 Å². The lowest BCUT2D eigenvalue weighted by atomic mass is 10.1. The molecule has 0 saturated heterocycles. The zero-order valence-electron chi connectivity index (χ0n) is 11.5. The minimum atomic E-state index is -2.62. The number of nitrogens with one attached hydrogen (secondary N) is 2. The van der Waals surface area contributed by atoms with Crippen molar-refractivity contribution in [2.45, 2.75) is 32.8 Å². The molecule has 0 fully saturated rings. The van der Waals surface area contributed by atoms with Crippen molar-refractivity contribution >= 4 is 22.7 Å². The highest BCUT2D eigenvalue weighted by atomic mass is 19.3. The van der Waals surface area contributed by atoms with Gasteiger partial charge in [0.2, 0.25) is 0 Å². The molecule has 1 amide bonds. The first kappa shape index (κ1) is 14.3. The van der Waals surface area contributed by atoms with Crippen molar-refractivity contribution in [2.75, 3.05) is 5.32 Å². The summed E-state index contributed by atoms with van der Waals surface area (Å²) in [6.45, 7) is 5.19. The number of hydrogen-bond acceptors (Lipinski definition) is 2. The zero-order chi connectivity index (χ0) is 14.9. The molecule has 0 bridgehead atoms. The van der Waals surface area contributed by atoms with Gasteiger partial charge in [-0.05, 0) is 32.9 Å². The van der Waals surface area contributed by atoms with E-state index in [1.165, 1.54) is 6.20 Å². The molecular weight excluding hydrogens is 266 g/mol. The summed E-state index contributed by atoms with van der Waals surface area (Å²) in [4.78, 5) is 14.5. The van der Waals surface area contributed by atoms with E-state index in [4.69, 9.17) is 4.74 Å². The minimum Gasteiger partial charge on any atom is -0.444 e. The van der Waals surface area contributed by atoms with Crippen LogP contribution in [0.2, 0.25) is 0 Å². The average Bonchev–Trinajstić information content (AvgIpc) is 2.71. The second-order valence-corrected chi connectivity index (χ2v) is 5.40. The van der Waals surface area contributed by atoms with Crippen molar-refractivity contribution in [3.63, 3.8) is 0 Å². The third-order valence-corrected chi connectivity index (χ3v) is 2.61. The molecule has 0 aliphatic rings. The smallest absolute Gasteiger partial charge is 0.412 e. The van der Waals surface area contributed by atoms with Crippen molar-refractivity contribution in [3.8, 4) is 0 Å². The second-order valence-electron chi connectivity index (χ2n) is 5.40. The first-order valence-corrected chi connectivity index (χ1v) is 6.16. The predicted molar refractivity (Wildman–Crippen MR) is 73.1 cm³/mol. The summed E-state index contributed by atoms with van der Waals surface area (Å²) in [5.41, 5.74) is 0.0376. The molecule has 0 unspecified atom stereocenters. The number of halogens is 2. The lowest BCUT2D eigenvalue weighted by molar-refractivity contribution is 0.0636. The summed E-state index contributed by atoms with van der Waals surface area (Å²) in [6, 6.07) is 4.90. The van der Waals surface area contributed by atoms with Crippen LogP contribution < -0.4 is 5.32 Å². The molecule has 0 saturated carbocycles. The highest BCUT2D eigenvalue weighted by molar-refractivity contribution is 6.01. The first-order chi connectivity index (χ1) is 9.28. The average molecular weight is 282 g/mol. The van der Waals surface area contributed by atoms with E-state index in [0.29, 0.717) is 16.6 Å². The van der Waals surface area contributed by atoms with E-state index in [-0.39, 0.29) is 5.56 Å². The molecule has 0 aliphatic heterocycles. The summed E-state index contributed by atoms with van der Waals surface area (Å²) in [7, 11) is 0. The molecule has 4 nitrogen and oxygen atoms in total. The van der Waals surface area contributed by atoms with E-state index in [2.05, 4.69) is 10.3 Å². The summed E-state index contributed by atoms with van der Waals surface area (Å²) in [6.07, 6.45) is -2.05. The Morgan fingerprint density at radius 1 is 1.35 bits per heavy atom. The lowest BCUT2D eigenvalue weighted by Gasteiger charge is -2.20. The number of H-pyrrole nitrogens is 1. The van der Waals surface area contributed by atoms with Gasteiger partial charge in [0.25, 0.3) is 6.43 Å². The van der Waals surface area contributed by atoms with Crippen molar-refractivity contribution in [1.82, 2.24) is 4.98 Å². The van der Waals surface area contributed by atoms with E-state index >= 15 is 0 Å². The summed E-state index contributed by atoms with van der Waals surface area (Å²) < 4.78 is 31.0. The van der Waals surface area contributed by atoms with E-state index in [1.54, 1.807) is 39.0 Å². The Balaban J connectivity index is 2.35. The number of fused-ring (bicyclic) bond motifs is 1. The molecule has 0 atom stereocenters. The first-order valence-electron chi connectivity index (χ1n) is 6.16. The van der Waals surface area contributed by atoms with E-state index in [9.17, 15) is 13.6 Å². The molecule has 1 aromatic heterocycles. The maximum absolute atomic E-state index is 13.0. The molecule has 0 radical (unpaired) electrons. The standard InChI is InChI=1S/C14H16F2N2O2/c1-14(2,3)20-13(19)18-10-6-4-5-9-11(10)8(7-17-9)12(15)16/h4-7,12,17H,1-3H3,(H,18,19). The van der Waals surface area contributed by atoms with Gasteiger partial charge in [-0.1, -0.05) is 6.07 Å². The highest BCUT2D eigenvalue weighted by Gasteiger charge is 2.20. The summed E-state index contributed by atoms with van der Waals surface area (Å²) in [5.74, 6) is 0. The number of aromatic nitrogens is 1. The van der Waals surface area contributed by atoms with E-state index in [1.807, 2.05) is 0 Å². The highest BCUT2D eigenvalue weighted by Crippen LogP contribution is 2.33. The fraction of sp³-hybridized carbons (Fsp3) is 0.357. The second kappa shape index (κ2) is 5.11. The number of benzene rings is 1. The normalized spacial score (nSPS) is 11.9. The SMILES string of the molecule is CC(C)(C)OC(=O)Nc1cccc2[nH]cc(C(F)F)c12. The molecule has 0 aliphatic carbocycles. The molecule has 2 rings (SSSR count). The van der Waals surface area contributed by atoms with Crippen LogP contribution in [0.25, 0.3) is 10.9 Å². The molecular formula is C14H16F2N2O2. The number of aromatic amines is 1. The van der Waals surface area contributed by atoms with Crippen molar-refractivity contribution in [1.29, 1.82) is 0 Å². The zero-order valence-corrected chi connectivity index (χ0v) is 11.5. The number of alkyl halides is 2. The van der Waals surface area contributed by atoms with E-state index < -0.39 is 18.1 Å². The predicted octanol–water partition coefficient (Wildman–Crippen LogP) is 4.45. The van der Waals surface area contributed by atoms with Crippen LogP contribution in [0.15, 0.2) is 24.4 Å². The van der Waals surface area contributed by atoms with Gasteiger partial charge in [-0.25, -0.2) is 13.6 Å². The van der Waals surface area contributed by atoms with Gasteiger partial charge in [0, 0.05) is 22.7 Å². The Labute approximate surface area is 115 Å². The molecule has 1 heterocycles. The molecule has 0 spiro atoms. The van der Waals surface area contributed by atoms with Gasteiger partial charge < -0.3 is 9.72 Å². The summed E-state index contributed by atoms with van der Waals surface area (Å²) in [5, 5.41) is 2.81.